The second kappa shape index (κ2) is 11.5. The summed E-state index contributed by atoms with van der Waals surface area (Å²) in [6, 6.07) is 0. The number of phosphoric acid groups is 1. The first-order chi connectivity index (χ1) is 6.78. The van der Waals surface area contributed by atoms with Gasteiger partial charge in [0.15, 0.2) is 0 Å². The zero-order valence-corrected chi connectivity index (χ0v) is 14.4. The van der Waals surface area contributed by atoms with Gasteiger partial charge in [-0.2, -0.15) is 0 Å². The standard InChI is InChI=1S/C6H13O8P.2Na/c7-2-1-4(8)6(10)5(9)3-14-15(11,12)13;;/h2,4-6,8-10H,1,3H2,(H2,11,12,13);;/q;2*+1/p-2/t4-,5-,6+;;/m1../s1. The second-order valence-corrected chi connectivity index (χ2v) is 3.92. The summed E-state index contributed by atoms with van der Waals surface area (Å²) >= 11 is 0. The van der Waals surface area contributed by atoms with Crippen LogP contribution in [0.4, 0.5) is 0 Å². The van der Waals surface area contributed by atoms with E-state index >= 15 is 0 Å². The van der Waals surface area contributed by atoms with Crippen molar-refractivity contribution >= 4 is 14.1 Å². The van der Waals surface area contributed by atoms with Gasteiger partial charge in [-0.25, -0.2) is 0 Å². The van der Waals surface area contributed by atoms with E-state index in [0.29, 0.717) is 6.29 Å². The maximum absolute atomic E-state index is 9.99. The van der Waals surface area contributed by atoms with Crippen LogP contribution in [0.1, 0.15) is 6.42 Å². The molecule has 8 nitrogen and oxygen atoms in total. The molecule has 0 spiro atoms. The van der Waals surface area contributed by atoms with Crippen LogP contribution in [0, 0.1) is 0 Å². The topological polar surface area (TPSA) is 150 Å². The Labute approximate surface area is 142 Å². The fourth-order valence-corrected chi connectivity index (χ4v) is 1.10. The van der Waals surface area contributed by atoms with Crippen molar-refractivity contribution in [2.24, 2.45) is 0 Å². The predicted octanol–water partition coefficient (Wildman–Crippen LogP) is -9.49. The van der Waals surface area contributed by atoms with Crippen LogP contribution in [0.25, 0.3) is 0 Å². The number of carbonyl (C=O) groups excluding carboxylic acids is 1. The van der Waals surface area contributed by atoms with Crippen LogP contribution >= 0.6 is 7.82 Å². The number of aliphatic hydroxyl groups is 3. The van der Waals surface area contributed by atoms with E-state index < -0.39 is 39.2 Å². The van der Waals surface area contributed by atoms with Crippen molar-refractivity contribution in [2.75, 3.05) is 6.61 Å². The molecule has 90 valence electrons. The van der Waals surface area contributed by atoms with Gasteiger partial charge in [-0.1, -0.05) is 0 Å². The molecule has 0 aliphatic heterocycles. The molecule has 0 aromatic carbocycles. The van der Waals surface area contributed by atoms with E-state index in [0.717, 1.165) is 0 Å². The fraction of sp³-hybridized carbons (Fsp3) is 0.833. The van der Waals surface area contributed by atoms with Crippen molar-refractivity contribution in [3.8, 4) is 0 Å². The van der Waals surface area contributed by atoms with E-state index in [1.165, 1.54) is 0 Å². The molecule has 0 aliphatic carbocycles. The number of carbonyl (C=O) groups is 1. The monoisotopic (exact) mass is 288 g/mol. The number of hydrogen-bond donors (Lipinski definition) is 3. The summed E-state index contributed by atoms with van der Waals surface area (Å²) in [4.78, 5) is 29.9. The Balaban J connectivity index is -0.000000980. The van der Waals surface area contributed by atoms with Crippen molar-refractivity contribution in [3.63, 3.8) is 0 Å². The van der Waals surface area contributed by atoms with Crippen molar-refractivity contribution < 1.29 is 98.1 Å². The van der Waals surface area contributed by atoms with Crippen LogP contribution in [0.5, 0.6) is 0 Å². The number of hydrogen-bond acceptors (Lipinski definition) is 8. The quantitative estimate of drug-likeness (QED) is 0.237. The molecule has 0 amide bonds. The molecule has 0 radical (unpaired) electrons. The molecule has 3 atom stereocenters. The van der Waals surface area contributed by atoms with E-state index in [9.17, 15) is 19.1 Å². The number of rotatable bonds is 7. The van der Waals surface area contributed by atoms with Gasteiger partial charge < -0.3 is 39.0 Å². The van der Waals surface area contributed by atoms with Crippen molar-refractivity contribution in [3.05, 3.63) is 0 Å². The molecule has 0 aromatic rings. The van der Waals surface area contributed by atoms with Gasteiger partial charge in [0, 0.05) is 6.42 Å². The summed E-state index contributed by atoms with van der Waals surface area (Å²) in [6.07, 6.45) is -5.19. The van der Waals surface area contributed by atoms with E-state index in [1.54, 1.807) is 0 Å². The number of aldehydes is 1. The van der Waals surface area contributed by atoms with Crippen molar-refractivity contribution in [2.45, 2.75) is 24.7 Å². The molecule has 0 saturated carbocycles. The molecule has 0 aromatic heterocycles. The zero-order valence-electron chi connectivity index (χ0n) is 9.55. The molecular formula is C6H11Na2O8P. The SMILES string of the molecule is O=CC[C@@H](O)[C@H](O)[C@H](O)COP(=O)([O-])[O-].[Na+].[Na+]. The fourth-order valence-electron chi connectivity index (χ4n) is 0.761. The summed E-state index contributed by atoms with van der Waals surface area (Å²) in [5.74, 6) is 0. The van der Waals surface area contributed by atoms with Crippen molar-refractivity contribution in [1.82, 2.24) is 0 Å². The Bertz CT molecular complexity index is 246. The smallest absolute Gasteiger partial charge is 0.790 e. The van der Waals surface area contributed by atoms with Gasteiger partial charge in [-0.15, -0.1) is 0 Å². The largest absolute Gasteiger partial charge is 1.00 e. The van der Waals surface area contributed by atoms with Crippen LogP contribution in [0.3, 0.4) is 0 Å². The molecule has 0 bridgehead atoms. The Morgan fingerprint density at radius 3 is 2.00 bits per heavy atom. The third-order valence-electron chi connectivity index (χ3n) is 1.53. The number of phosphoric ester groups is 1. The molecule has 0 heterocycles. The molecule has 0 fully saturated rings. The molecule has 11 heteroatoms. The van der Waals surface area contributed by atoms with Crippen LogP contribution < -0.4 is 68.9 Å². The van der Waals surface area contributed by atoms with E-state index in [-0.39, 0.29) is 59.1 Å². The van der Waals surface area contributed by atoms with Gasteiger partial charge in [-0.3, -0.25) is 0 Å². The summed E-state index contributed by atoms with van der Waals surface area (Å²) in [7, 11) is -5.23. The minimum absolute atomic E-state index is 0. The molecule has 0 saturated heterocycles. The summed E-state index contributed by atoms with van der Waals surface area (Å²) in [5.41, 5.74) is 0. The van der Waals surface area contributed by atoms with Gasteiger partial charge in [0.2, 0.25) is 0 Å². The van der Waals surface area contributed by atoms with Crippen LogP contribution in [-0.2, 0) is 13.9 Å². The minimum Gasteiger partial charge on any atom is -0.790 e. The first-order valence-electron chi connectivity index (χ1n) is 3.92. The Morgan fingerprint density at radius 1 is 1.18 bits per heavy atom. The molecule has 0 unspecified atom stereocenters. The Kier molecular flexibility index (Phi) is 16.0. The van der Waals surface area contributed by atoms with Gasteiger partial charge in [-0.05, 0) is 0 Å². The van der Waals surface area contributed by atoms with Crippen LogP contribution in [-0.4, -0.2) is 46.5 Å². The Morgan fingerprint density at radius 2 is 1.65 bits per heavy atom. The molecular weight excluding hydrogens is 277 g/mol. The molecule has 3 N–H and O–H groups in total. The summed E-state index contributed by atoms with van der Waals surface area (Å²) in [6.45, 7) is -0.971. The first-order valence-corrected chi connectivity index (χ1v) is 5.38. The third kappa shape index (κ3) is 12.4. The van der Waals surface area contributed by atoms with Gasteiger partial charge in [0.05, 0.1) is 20.5 Å². The zero-order chi connectivity index (χ0) is 12.1. The van der Waals surface area contributed by atoms with Gasteiger partial charge >= 0.3 is 59.1 Å². The summed E-state index contributed by atoms with van der Waals surface area (Å²) < 4.78 is 13.7. The molecule has 17 heavy (non-hydrogen) atoms. The normalized spacial score (nSPS) is 16.1. The third-order valence-corrected chi connectivity index (χ3v) is 1.99. The molecule has 0 aliphatic rings. The maximum Gasteiger partial charge on any atom is 1.00 e. The van der Waals surface area contributed by atoms with Crippen molar-refractivity contribution in [1.29, 1.82) is 0 Å². The number of aliphatic hydroxyl groups excluding tert-OH is 3. The summed E-state index contributed by atoms with van der Waals surface area (Å²) in [5, 5.41) is 27.1. The maximum atomic E-state index is 9.99. The predicted molar refractivity (Wildman–Crippen MR) is 42.3 cm³/mol. The van der Waals surface area contributed by atoms with E-state index in [4.69, 9.17) is 15.3 Å². The second-order valence-electron chi connectivity index (χ2n) is 2.77. The average Bonchev–Trinajstić information content (AvgIpc) is 2.12. The minimum atomic E-state index is -5.23. The Hall–Kier alpha value is 1.66. The first kappa shape index (κ1) is 23.7. The van der Waals surface area contributed by atoms with Crippen LogP contribution in [0.2, 0.25) is 0 Å². The van der Waals surface area contributed by atoms with Crippen LogP contribution in [0.15, 0.2) is 0 Å². The molecule has 0 rings (SSSR count). The van der Waals surface area contributed by atoms with E-state index in [2.05, 4.69) is 4.52 Å². The van der Waals surface area contributed by atoms with Gasteiger partial charge in [0.25, 0.3) is 0 Å². The van der Waals surface area contributed by atoms with E-state index in [1.807, 2.05) is 0 Å². The van der Waals surface area contributed by atoms with Gasteiger partial charge in [0.1, 0.15) is 18.5 Å². The average molecular weight is 288 g/mol.